The van der Waals surface area contributed by atoms with Gasteiger partial charge in [-0.05, 0) is 88.6 Å². The highest BCUT2D eigenvalue weighted by Crippen LogP contribution is 2.42. The second-order valence-corrected chi connectivity index (χ2v) is 15.3. The zero-order valence-corrected chi connectivity index (χ0v) is 31.7. The second kappa shape index (κ2) is 12.2. The molecule has 0 unspecified atom stereocenters. The largest absolute Gasteiger partial charge is 0.455 e. The Morgan fingerprint density at radius 2 is 0.983 bits per heavy atom. The molecule has 0 fully saturated rings. The van der Waals surface area contributed by atoms with Gasteiger partial charge >= 0.3 is 0 Å². The second-order valence-electron chi connectivity index (χ2n) is 15.3. The number of furan rings is 1. The number of hydrogen-bond donors (Lipinski definition) is 0. The lowest BCUT2D eigenvalue weighted by Gasteiger charge is -2.12. The fraction of sp³-hybridized carbons (Fsp3) is 0. The number of nitrogens with zero attached hydrogens (tertiary/aromatic N) is 4. The third-order valence-electron chi connectivity index (χ3n) is 12.1. The number of para-hydroxylation sites is 5. The lowest BCUT2D eigenvalue weighted by Crippen LogP contribution is -2.03. The summed E-state index contributed by atoms with van der Waals surface area (Å²) in [5.41, 5.74) is 12.3. The van der Waals surface area contributed by atoms with E-state index in [0.717, 1.165) is 77.2 Å². The highest BCUT2D eigenvalue weighted by molar-refractivity contribution is 6.21. The first-order valence-corrected chi connectivity index (χ1v) is 20.0. The van der Waals surface area contributed by atoms with Gasteiger partial charge in [-0.1, -0.05) is 127 Å². The van der Waals surface area contributed by atoms with Crippen molar-refractivity contribution in [2.45, 2.75) is 0 Å². The molecule has 59 heavy (non-hydrogen) atoms. The van der Waals surface area contributed by atoms with Crippen molar-refractivity contribution < 1.29 is 4.42 Å². The van der Waals surface area contributed by atoms with Crippen molar-refractivity contribution in [2.24, 2.45) is 0 Å². The van der Waals surface area contributed by atoms with Gasteiger partial charge in [0.05, 0.1) is 33.3 Å². The van der Waals surface area contributed by atoms with E-state index in [2.05, 4.69) is 197 Å². The summed E-state index contributed by atoms with van der Waals surface area (Å²) >= 11 is 0. The summed E-state index contributed by atoms with van der Waals surface area (Å²) in [6, 6.07) is 68.9. The maximum Gasteiger partial charge on any atom is 0.235 e. The van der Waals surface area contributed by atoms with E-state index < -0.39 is 0 Å². The van der Waals surface area contributed by atoms with Crippen molar-refractivity contribution >= 4 is 87.2 Å². The van der Waals surface area contributed by atoms with Crippen molar-refractivity contribution in [2.75, 3.05) is 0 Å². The van der Waals surface area contributed by atoms with Gasteiger partial charge in [0.2, 0.25) is 5.95 Å². The molecule has 13 rings (SSSR count). The van der Waals surface area contributed by atoms with Crippen LogP contribution in [-0.2, 0) is 0 Å². The minimum absolute atomic E-state index is 0.617. The fourth-order valence-corrected chi connectivity index (χ4v) is 9.50. The Hall–Kier alpha value is -8.02. The Morgan fingerprint density at radius 3 is 1.75 bits per heavy atom. The van der Waals surface area contributed by atoms with Crippen LogP contribution in [0.4, 0.5) is 0 Å². The Kier molecular flexibility index (Phi) is 6.66. The van der Waals surface area contributed by atoms with Crippen molar-refractivity contribution in [1.82, 2.24) is 19.1 Å². The van der Waals surface area contributed by atoms with E-state index in [1.54, 1.807) is 0 Å². The molecule has 0 bridgehead atoms. The molecular weight excluding hydrogens is 721 g/mol. The SMILES string of the molecule is c1ccc(-n2c3ccccc3c3cc(-c4ccc5c(c4)c4ccccc4n5-c4nc(-c5cccc6c5oc5ccc7ccccc7c56)c5ccccc5n4)ccc32)cc1. The third kappa shape index (κ3) is 4.67. The molecule has 0 aliphatic rings. The van der Waals surface area contributed by atoms with Gasteiger partial charge in [0, 0.05) is 49.0 Å². The van der Waals surface area contributed by atoms with Gasteiger partial charge in [-0.3, -0.25) is 4.57 Å². The van der Waals surface area contributed by atoms with E-state index in [1.807, 2.05) is 6.07 Å². The van der Waals surface area contributed by atoms with Crippen molar-refractivity contribution in [3.63, 3.8) is 0 Å². The molecule has 5 heteroatoms. The lowest BCUT2D eigenvalue weighted by atomic mass is 10.0. The van der Waals surface area contributed by atoms with Crippen LogP contribution in [0.1, 0.15) is 0 Å². The first-order chi connectivity index (χ1) is 29.3. The minimum atomic E-state index is 0.617. The normalized spacial score (nSPS) is 12.1. The van der Waals surface area contributed by atoms with Gasteiger partial charge in [0.25, 0.3) is 0 Å². The van der Waals surface area contributed by atoms with E-state index in [1.165, 1.54) is 38.1 Å². The number of hydrogen-bond acceptors (Lipinski definition) is 3. The zero-order valence-electron chi connectivity index (χ0n) is 31.7. The Balaban J connectivity index is 1.01. The molecule has 0 aliphatic carbocycles. The van der Waals surface area contributed by atoms with Crippen LogP contribution in [-0.4, -0.2) is 19.1 Å². The average molecular weight is 753 g/mol. The molecule has 0 saturated carbocycles. The molecule has 0 radical (unpaired) electrons. The maximum atomic E-state index is 6.73. The number of rotatable bonds is 4. The molecule has 0 spiro atoms. The van der Waals surface area contributed by atoms with E-state index in [-0.39, 0.29) is 0 Å². The summed E-state index contributed by atoms with van der Waals surface area (Å²) in [4.78, 5) is 10.7. The molecule has 9 aromatic carbocycles. The van der Waals surface area contributed by atoms with Gasteiger partial charge in [0.15, 0.2) is 0 Å². The molecule has 0 N–H and O–H groups in total. The molecule has 0 aliphatic heterocycles. The molecule has 4 aromatic heterocycles. The van der Waals surface area contributed by atoms with Gasteiger partial charge in [0.1, 0.15) is 11.2 Å². The molecule has 13 aromatic rings. The van der Waals surface area contributed by atoms with Gasteiger partial charge in [-0.15, -0.1) is 0 Å². The first-order valence-electron chi connectivity index (χ1n) is 20.0. The van der Waals surface area contributed by atoms with Crippen LogP contribution in [0.15, 0.2) is 199 Å². The minimum Gasteiger partial charge on any atom is -0.455 e. The van der Waals surface area contributed by atoms with Gasteiger partial charge in [-0.2, -0.15) is 0 Å². The van der Waals surface area contributed by atoms with Crippen LogP contribution in [0.2, 0.25) is 0 Å². The predicted octanol–water partition coefficient (Wildman–Crippen LogP) is 14.2. The Labute approximate surface area is 337 Å². The summed E-state index contributed by atoms with van der Waals surface area (Å²) in [5.74, 6) is 0.617. The molecule has 4 heterocycles. The summed E-state index contributed by atoms with van der Waals surface area (Å²) in [5, 5.41) is 10.3. The maximum absolute atomic E-state index is 6.73. The van der Waals surface area contributed by atoms with Crippen molar-refractivity contribution in [1.29, 1.82) is 0 Å². The number of benzene rings is 9. The molecule has 0 saturated heterocycles. The zero-order chi connectivity index (χ0) is 38.6. The predicted molar refractivity (Wildman–Crippen MR) is 244 cm³/mol. The number of fused-ring (bicyclic) bond motifs is 12. The Morgan fingerprint density at radius 1 is 0.390 bits per heavy atom. The highest BCUT2D eigenvalue weighted by atomic mass is 16.3. The van der Waals surface area contributed by atoms with Crippen LogP contribution in [0, 0.1) is 0 Å². The molecule has 0 atom stereocenters. The van der Waals surface area contributed by atoms with E-state index in [9.17, 15) is 0 Å². The topological polar surface area (TPSA) is 48.8 Å². The lowest BCUT2D eigenvalue weighted by molar-refractivity contribution is 0.670. The third-order valence-corrected chi connectivity index (χ3v) is 12.1. The average Bonchev–Trinajstić information content (AvgIpc) is 3.96. The van der Waals surface area contributed by atoms with Crippen LogP contribution < -0.4 is 0 Å². The molecule has 274 valence electrons. The standard InChI is InChI=1S/C54H32N4O/c1-2-14-36(15-3-1)57-46-23-10-7-17-38(46)43-31-34(25-28-48(43)57)35-26-29-49-44(32-35)39-18-8-11-24-47(39)58(49)54-55-45-22-9-6-19-40(45)52(56-54)42-21-12-20-41-51-37-16-5-4-13-33(37)27-30-50(51)59-53(41)42/h1-32H. The van der Waals surface area contributed by atoms with Gasteiger partial charge in [-0.25, -0.2) is 9.97 Å². The summed E-state index contributed by atoms with van der Waals surface area (Å²) in [7, 11) is 0. The first kappa shape index (κ1) is 32.1. The smallest absolute Gasteiger partial charge is 0.235 e. The van der Waals surface area contributed by atoms with E-state index >= 15 is 0 Å². The van der Waals surface area contributed by atoms with Gasteiger partial charge < -0.3 is 8.98 Å². The van der Waals surface area contributed by atoms with E-state index in [0.29, 0.717) is 5.95 Å². The highest BCUT2D eigenvalue weighted by Gasteiger charge is 2.21. The summed E-state index contributed by atoms with van der Waals surface area (Å²) < 4.78 is 11.3. The van der Waals surface area contributed by atoms with Crippen LogP contribution in [0.25, 0.3) is 121 Å². The van der Waals surface area contributed by atoms with Crippen LogP contribution >= 0.6 is 0 Å². The van der Waals surface area contributed by atoms with Crippen molar-refractivity contribution in [3.8, 4) is 34.0 Å². The van der Waals surface area contributed by atoms with Crippen molar-refractivity contribution in [3.05, 3.63) is 194 Å². The van der Waals surface area contributed by atoms with E-state index in [4.69, 9.17) is 14.4 Å². The number of aromatic nitrogens is 4. The molecule has 0 amide bonds. The molecule has 5 nitrogen and oxygen atoms in total. The fourth-order valence-electron chi connectivity index (χ4n) is 9.50. The molecular formula is C54H32N4O. The van der Waals surface area contributed by atoms with Crippen LogP contribution in [0.3, 0.4) is 0 Å². The summed E-state index contributed by atoms with van der Waals surface area (Å²) in [6.07, 6.45) is 0. The quantitative estimate of drug-likeness (QED) is 0.180. The van der Waals surface area contributed by atoms with Crippen LogP contribution in [0.5, 0.6) is 0 Å². The summed E-state index contributed by atoms with van der Waals surface area (Å²) in [6.45, 7) is 0. The monoisotopic (exact) mass is 752 g/mol. The Bertz CT molecular complexity index is 3850.